The van der Waals surface area contributed by atoms with Gasteiger partial charge in [0.2, 0.25) is 0 Å². The molecule has 7 aromatic rings. The third-order valence-electron chi connectivity index (χ3n) is 20.9. The molecule has 1 saturated carbocycles. The predicted molar refractivity (Wildman–Crippen MR) is 322 cm³/mol. The van der Waals surface area contributed by atoms with Gasteiger partial charge in [0, 0.05) is 33.7 Å². The quantitative estimate of drug-likeness (QED) is 0.165. The average Bonchev–Trinajstić information content (AvgIpc) is 3.73. The van der Waals surface area contributed by atoms with Crippen molar-refractivity contribution >= 4 is 68.4 Å². The van der Waals surface area contributed by atoms with Crippen molar-refractivity contribution in [3.05, 3.63) is 147 Å². The van der Waals surface area contributed by atoms with Crippen LogP contribution in [0, 0.1) is 6.92 Å². The maximum Gasteiger partial charge on any atom is 0.297 e. The number of hydrogen-bond acceptors (Lipinski definition) is 3. The second kappa shape index (κ2) is 15.4. The molecule has 2 aliphatic heterocycles. The lowest BCUT2D eigenvalue weighted by atomic mass is 9.35. The SMILES string of the molecule is Cc1cc2c3c(c1)N(c1ccc4c(c1)C(C)(C)CCC4(C)C)c1c(oc4cc5c(cc14)C1(C)CCC5(C)CC1)B3c1cc3c(cc1N2c1ccc(C(C)(C)C)cc1-c1ccc(C(C)(C)C)cc1)C(C)(C)CCC3(C)C. The molecule has 3 nitrogen and oxygen atoms in total. The number of anilines is 6. The smallest absolute Gasteiger partial charge is 0.297 e. The van der Waals surface area contributed by atoms with E-state index in [-0.39, 0.29) is 50.0 Å². The highest BCUT2D eigenvalue weighted by Gasteiger charge is 2.52. The summed E-state index contributed by atoms with van der Waals surface area (Å²) in [5.74, 6) is 0. The second-order valence-corrected chi connectivity index (χ2v) is 30.2. The third-order valence-corrected chi connectivity index (χ3v) is 20.9. The Labute approximate surface area is 451 Å². The highest BCUT2D eigenvalue weighted by molar-refractivity contribution is 7.00. The number of benzene rings is 6. The van der Waals surface area contributed by atoms with Crippen LogP contribution in [-0.4, -0.2) is 6.71 Å². The molecule has 6 aromatic carbocycles. The largest absolute Gasteiger partial charge is 0.468 e. The van der Waals surface area contributed by atoms with Gasteiger partial charge in [-0.15, -0.1) is 0 Å². The Morgan fingerprint density at radius 3 is 1.56 bits per heavy atom. The van der Waals surface area contributed by atoms with Crippen molar-refractivity contribution in [2.24, 2.45) is 0 Å². The molecule has 7 aliphatic rings. The molecule has 5 aliphatic carbocycles. The van der Waals surface area contributed by atoms with Gasteiger partial charge in [-0.25, -0.2) is 0 Å². The molecule has 3 heterocycles. The van der Waals surface area contributed by atoms with Crippen LogP contribution in [-0.2, 0) is 43.3 Å². The van der Waals surface area contributed by atoms with Crippen LogP contribution in [0.4, 0.5) is 34.1 Å². The topological polar surface area (TPSA) is 19.6 Å². The maximum atomic E-state index is 7.82. The minimum Gasteiger partial charge on any atom is -0.468 e. The standard InChI is InChI=1S/C71H83BN2O/c1-42-34-58-61-59(35-42)74(56-25-22-45(65(5,6)7)36-47(56)43-18-20-44(21-19-43)64(2,3)4)57-40-52-51(68(12,13)28-29-69(52,14)15)39-55(57)72(61)63-62(73(58)46-23-24-49-50(37-46)67(10,11)27-26-66(49,8)9)48-38-53-54(41-60(48)75-63)71(17)32-30-70(53,16)31-33-71/h18-25,34-41H,26-33H2,1-17H3. The molecule has 0 atom stereocenters. The zero-order chi connectivity index (χ0) is 53.1. The highest BCUT2D eigenvalue weighted by atomic mass is 16.3. The van der Waals surface area contributed by atoms with Crippen molar-refractivity contribution in [3.8, 4) is 11.1 Å². The summed E-state index contributed by atoms with van der Waals surface area (Å²) in [5, 5.41) is 1.26. The highest BCUT2D eigenvalue weighted by Crippen LogP contribution is 2.59. The van der Waals surface area contributed by atoms with Crippen LogP contribution in [0.1, 0.15) is 212 Å². The summed E-state index contributed by atoms with van der Waals surface area (Å²) in [6.45, 7) is 41.2. The number of furan rings is 1. The van der Waals surface area contributed by atoms with E-state index in [0.717, 1.165) is 24.1 Å². The van der Waals surface area contributed by atoms with E-state index in [0.29, 0.717) is 0 Å². The first-order chi connectivity index (χ1) is 35.0. The fraction of sp³-hybridized carbons (Fsp3) is 0.465. The number of hydrogen-bond donors (Lipinski definition) is 0. The molecular formula is C71H83BN2O. The minimum absolute atomic E-state index is 0.0125. The van der Waals surface area contributed by atoms with Gasteiger partial charge in [-0.05, 0) is 223 Å². The van der Waals surface area contributed by atoms with Gasteiger partial charge >= 0.3 is 0 Å². The van der Waals surface area contributed by atoms with Gasteiger partial charge in [-0.2, -0.15) is 0 Å². The van der Waals surface area contributed by atoms with Crippen molar-refractivity contribution in [2.45, 2.75) is 212 Å². The number of fused-ring (bicyclic) bond motifs is 10. The van der Waals surface area contributed by atoms with Crippen molar-refractivity contribution in [2.75, 3.05) is 9.80 Å². The van der Waals surface area contributed by atoms with E-state index >= 15 is 0 Å². The summed E-state index contributed by atoms with van der Waals surface area (Å²) in [6.07, 6.45) is 9.64. The molecule has 1 fully saturated rings. The first-order valence-corrected chi connectivity index (χ1v) is 29.0. The van der Waals surface area contributed by atoms with Crippen molar-refractivity contribution in [1.29, 1.82) is 0 Å². The molecule has 2 bridgehead atoms. The average molecular weight is 991 g/mol. The summed E-state index contributed by atoms with van der Waals surface area (Å²) in [7, 11) is 0. The Bertz CT molecular complexity index is 3570. The van der Waals surface area contributed by atoms with E-state index in [9.17, 15) is 0 Å². The zero-order valence-corrected chi connectivity index (χ0v) is 48.8. The van der Waals surface area contributed by atoms with Gasteiger partial charge in [-0.3, -0.25) is 0 Å². The number of rotatable bonds is 3. The first kappa shape index (κ1) is 49.1. The molecule has 75 heavy (non-hydrogen) atoms. The monoisotopic (exact) mass is 991 g/mol. The Kier molecular flexibility index (Phi) is 10.1. The van der Waals surface area contributed by atoms with Gasteiger partial charge in [0.1, 0.15) is 5.58 Å². The molecule has 386 valence electrons. The van der Waals surface area contributed by atoms with Gasteiger partial charge in [0.15, 0.2) is 0 Å². The third kappa shape index (κ3) is 7.11. The Morgan fingerprint density at radius 2 is 0.973 bits per heavy atom. The zero-order valence-electron chi connectivity index (χ0n) is 48.8. The molecule has 0 amide bonds. The van der Waals surface area contributed by atoms with Crippen LogP contribution in [0.5, 0.6) is 0 Å². The van der Waals surface area contributed by atoms with E-state index in [1.165, 1.54) is 145 Å². The second-order valence-electron chi connectivity index (χ2n) is 30.2. The van der Waals surface area contributed by atoms with Crippen molar-refractivity contribution in [1.82, 2.24) is 0 Å². The molecule has 14 rings (SSSR count). The van der Waals surface area contributed by atoms with Crippen molar-refractivity contribution in [3.63, 3.8) is 0 Å². The van der Waals surface area contributed by atoms with Crippen LogP contribution in [0.2, 0.25) is 0 Å². The lowest BCUT2D eigenvalue weighted by Crippen LogP contribution is -2.61. The van der Waals surface area contributed by atoms with Gasteiger partial charge in [0.25, 0.3) is 6.71 Å². The summed E-state index contributed by atoms with van der Waals surface area (Å²) in [4.78, 5) is 5.39. The van der Waals surface area contributed by atoms with Gasteiger partial charge in [-0.1, -0.05) is 153 Å². The Morgan fingerprint density at radius 1 is 0.453 bits per heavy atom. The predicted octanol–water partition coefficient (Wildman–Crippen LogP) is 17.9. The van der Waals surface area contributed by atoms with Crippen LogP contribution in [0.15, 0.2) is 101 Å². The van der Waals surface area contributed by atoms with Crippen LogP contribution in [0.25, 0.3) is 22.1 Å². The van der Waals surface area contributed by atoms with Crippen LogP contribution in [0.3, 0.4) is 0 Å². The van der Waals surface area contributed by atoms with E-state index < -0.39 is 0 Å². The van der Waals surface area contributed by atoms with E-state index in [2.05, 4.69) is 225 Å². The van der Waals surface area contributed by atoms with E-state index in [1.54, 1.807) is 5.56 Å². The molecule has 0 radical (unpaired) electrons. The lowest BCUT2D eigenvalue weighted by molar-refractivity contribution is 0.188. The first-order valence-electron chi connectivity index (χ1n) is 29.0. The summed E-state index contributed by atoms with van der Waals surface area (Å²) in [6, 6.07) is 40.0. The molecule has 0 N–H and O–H groups in total. The summed E-state index contributed by atoms with van der Waals surface area (Å²) >= 11 is 0. The molecule has 0 saturated heterocycles. The Hall–Kier alpha value is -5.48. The summed E-state index contributed by atoms with van der Waals surface area (Å²) in [5.41, 5.74) is 28.3. The maximum absolute atomic E-state index is 7.82. The number of aryl methyl sites for hydroxylation is 1. The van der Waals surface area contributed by atoms with Crippen LogP contribution < -0.4 is 26.4 Å². The van der Waals surface area contributed by atoms with E-state index in [4.69, 9.17) is 4.42 Å². The minimum atomic E-state index is -0.122. The summed E-state index contributed by atoms with van der Waals surface area (Å²) < 4.78 is 7.82. The Balaban J connectivity index is 1.16. The van der Waals surface area contributed by atoms with Gasteiger partial charge in [0.05, 0.1) is 17.0 Å². The molecular weight excluding hydrogens is 908 g/mol. The molecule has 0 unspecified atom stereocenters. The lowest BCUT2D eigenvalue weighted by Gasteiger charge is -2.52. The molecule has 4 heteroatoms. The van der Waals surface area contributed by atoms with Crippen LogP contribution >= 0.6 is 0 Å². The molecule has 1 aromatic heterocycles. The normalized spacial score (nSPS) is 23.3. The number of nitrogens with zero attached hydrogens (tertiary/aromatic N) is 2. The fourth-order valence-corrected chi connectivity index (χ4v) is 15.4. The van der Waals surface area contributed by atoms with Crippen molar-refractivity contribution < 1.29 is 4.42 Å². The fourth-order valence-electron chi connectivity index (χ4n) is 15.4. The molecule has 0 spiro atoms. The van der Waals surface area contributed by atoms with E-state index in [1.807, 2.05) is 0 Å². The van der Waals surface area contributed by atoms with Gasteiger partial charge < -0.3 is 14.2 Å².